The van der Waals surface area contributed by atoms with Crippen molar-refractivity contribution in [2.75, 3.05) is 13.2 Å². The molecular weight excluding hydrogens is 272 g/mol. The van der Waals surface area contributed by atoms with Gasteiger partial charge in [0.25, 0.3) is 0 Å². The molecule has 0 aromatic heterocycles. The van der Waals surface area contributed by atoms with Gasteiger partial charge in [0.2, 0.25) is 0 Å². The molecule has 21 heavy (non-hydrogen) atoms. The smallest absolute Gasteiger partial charge is 0.318 e. The summed E-state index contributed by atoms with van der Waals surface area (Å²) in [6, 6.07) is 0. The van der Waals surface area contributed by atoms with Crippen molar-refractivity contribution in [1.82, 2.24) is 0 Å². The Balaban J connectivity index is 1.72. The van der Waals surface area contributed by atoms with E-state index in [4.69, 9.17) is 14.2 Å². The Labute approximate surface area is 122 Å². The van der Waals surface area contributed by atoms with Gasteiger partial charge in [0, 0.05) is 25.0 Å². The predicted octanol–water partition coefficient (Wildman–Crippen LogP) is 1.22. The second-order valence-electron chi connectivity index (χ2n) is 6.91. The van der Waals surface area contributed by atoms with Crippen molar-refractivity contribution in [3.63, 3.8) is 0 Å². The van der Waals surface area contributed by atoms with Crippen LogP contribution in [-0.4, -0.2) is 36.4 Å². The number of hydrogen-bond acceptors (Lipinski definition) is 5. The van der Waals surface area contributed by atoms with Gasteiger partial charge in [-0.05, 0) is 25.7 Å². The summed E-state index contributed by atoms with van der Waals surface area (Å²) < 4.78 is 17.5. The predicted molar refractivity (Wildman–Crippen MR) is 70.0 cm³/mol. The molecule has 0 amide bonds. The van der Waals surface area contributed by atoms with E-state index in [0.29, 0.717) is 13.2 Å². The van der Waals surface area contributed by atoms with E-state index in [1.807, 2.05) is 0 Å². The summed E-state index contributed by atoms with van der Waals surface area (Å²) in [4.78, 5) is 24.4. The van der Waals surface area contributed by atoms with Crippen LogP contribution >= 0.6 is 0 Å². The lowest BCUT2D eigenvalue weighted by Gasteiger charge is -2.60. The number of hydrogen-bond donors (Lipinski definition) is 0. The van der Waals surface area contributed by atoms with Gasteiger partial charge in [0.1, 0.15) is 11.2 Å². The summed E-state index contributed by atoms with van der Waals surface area (Å²) >= 11 is 0. The van der Waals surface area contributed by atoms with Crippen LogP contribution in [0.25, 0.3) is 0 Å². The van der Waals surface area contributed by atoms with Gasteiger partial charge >= 0.3 is 11.9 Å². The van der Waals surface area contributed by atoms with E-state index in [1.165, 1.54) is 0 Å². The molecule has 2 spiro atoms. The molecule has 6 rings (SSSR count). The van der Waals surface area contributed by atoms with Crippen molar-refractivity contribution >= 4 is 11.9 Å². The third-order valence-electron chi connectivity index (χ3n) is 6.33. The zero-order chi connectivity index (χ0) is 14.2. The van der Waals surface area contributed by atoms with Crippen molar-refractivity contribution in [1.29, 1.82) is 0 Å². The first-order valence-electron chi connectivity index (χ1n) is 7.91. The minimum atomic E-state index is -0.437. The monoisotopic (exact) mass is 290 g/mol. The zero-order valence-corrected chi connectivity index (χ0v) is 11.7. The van der Waals surface area contributed by atoms with E-state index in [-0.39, 0.29) is 35.6 Å². The number of rotatable bonds is 0. The Morgan fingerprint density at radius 2 is 1.33 bits per heavy atom. The molecule has 5 nitrogen and oxygen atoms in total. The topological polar surface area (TPSA) is 61.8 Å². The summed E-state index contributed by atoms with van der Waals surface area (Å²) in [6.07, 6.45) is 7.96. The van der Waals surface area contributed by atoms with Crippen molar-refractivity contribution in [3.05, 3.63) is 12.2 Å². The quantitative estimate of drug-likeness (QED) is 0.381. The molecule has 3 saturated heterocycles. The maximum absolute atomic E-state index is 12.2. The molecule has 3 heterocycles. The highest BCUT2D eigenvalue weighted by molar-refractivity contribution is 5.98. The maximum atomic E-state index is 12.2. The van der Waals surface area contributed by atoms with E-state index < -0.39 is 11.2 Å². The second-order valence-corrected chi connectivity index (χ2v) is 6.91. The minimum Gasteiger partial charge on any atom is -0.393 e. The molecule has 0 N–H and O–H groups in total. The molecule has 2 bridgehead atoms. The Bertz CT molecular complexity index is 505. The fraction of sp³-hybridized carbons (Fsp3) is 0.750. The van der Waals surface area contributed by atoms with Gasteiger partial charge in [-0.3, -0.25) is 9.59 Å². The van der Waals surface area contributed by atoms with Crippen LogP contribution in [0.15, 0.2) is 12.2 Å². The lowest BCUT2D eigenvalue weighted by molar-refractivity contribution is -0.247. The third kappa shape index (κ3) is 1.19. The number of ether oxygens (including phenoxy) is 3. The number of esters is 2. The van der Waals surface area contributed by atoms with Crippen LogP contribution in [0, 0.1) is 23.7 Å². The Kier molecular flexibility index (Phi) is 2.21. The van der Waals surface area contributed by atoms with Crippen LogP contribution in [-0.2, 0) is 23.8 Å². The largest absolute Gasteiger partial charge is 0.393 e. The normalized spacial score (nSPS) is 53.9. The van der Waals surface area contributed by atoms with Crippen molar-refractivity contribution in [2.24, 2.45) is 23.7 Å². The van der Waals surface area contributed by atoms with Crippen LogP contribution in [0.1, 0.15) is 25.7 Å². The maximum Gasteiger partial charge on any atom is 0.318 e. The first kappa shape index (κ1) is 12.4. The summed E-state index contributed by atoms with van der Waals surface area (Å²) in [5, 5.41) is 0. The van der Waals surface area contributed by atoms with Crippen LogP contribution in [0.4, 0.5) is 0 Å². The van der Waals surface area contributed by atoms with Gasteiger partial charge in [-0.25, -0.2) is 0 Å². The van der Waals surface area contributed by atoms with E-state index in [1.54, 1.807) is 0 Å². The first-order chi connectivity index (χ1) is 10.2. The molecule has 112 valence electrons. The fourth-order valence-electron chi connectivity index (χ4n) is 5.72. The van der Waals surface area contributed by atoms with Gasteiger partial charge in [0.15, 0.2) is 0 Å². The Hall–Kier alpha value is -1.20. The van der Waals surface area contributed by atoms with Gasteiger partial charge in [-0.2, -0.15) is 0 Å². The lowest BCUT2D eigenvalue weighted by atomic mass is 9.48. The molecule has 3 aliphatic carbocycles. The minimum absolute atomic E-state index is 0.0907. The zero-order valence-electron chi connectivity index (χ0n) is 11.7. The van der Waals surface area contributed by atoms with Crippen LogP contribution in [0.2, 0.25) is 0 Å². The molecule has 0 aromatic rings. The summed E-state index contributed by atoms with van der Waals surface area (Å²) in [6.45, 7) is 1.42. The van der Waals surface area contributed by atoms with E-state index in [9.17, 15) is 9.59 Å². The highest BCUT2D eigenvalue weighted by Gasteiger charge is 2.75. The van der Waals surface area contributed by atoms with Gasteiger partial charge < -0.3 is 14.2 Å². The summed E-state index contributed by atoms with van der Waals surface area (Å²) in [7, 11) is 0. The Morgan fingerprint density at radius 1 is 0.857 bits per heavy atom. The SMILES string of the molecule is O=C1OC(=O)[C@@H]2[C@@H]1[C@H]1C=C[C@H]2[C@]2(CCCO2)[C@@]12CCCO2. The average molecular weight is 290 g/mol. The lowest BCUT2D eigenvalue weighted by Crippen LogP contribution is -2.71. The summed E-state index contributed by atoms with van der Waals surface area (Å²) in [5.41, 5.74) is -0.874. The first-order valence-corrected chi connectivity index (χ1v) is 7.91. The van der Waals surface area contributed by atoms with Gasteiger partial charge in [-0.15, -0.1) is 0 Å². The van der Waals surface area contributed by atoms with Crippen LogP contribution < -0.4 is 0 Å². The average Bonchev–Trinajstić information content (AvgIpc) is 3.18. The van der Waals surface area contributed by atoms with Crippen molar-refractivity contribution in [2.45, 2.75) is 36.9 Å². The molecule has 6 atom stereocenters. The number of carbonyl (C=O) groups excluding carboxylic acids is 2. The standard InChI is InChI=1S/C16H18O5/c17-13-11-9-3-4-10(12(11)14(18)21-13)16(6-2-8-20-16)15(9)5-1-7-19-15/h3-4,9-12H,1-2,5-8H2/t9-,10-,11+,12+,15-,16-/m1/s1. The fourth-order valence-corrected chi connectivity index (χ4v) is 5.72. The van der Waals surface area contributed by atoms with Crippen LogP contribution in [0.3, 0.4) is 0 Å². The molecule has 6 aliphatic rings. The number of carbonyl (C=O) groups is 2. The molecule has 0 aromatic carbocycles. The Morgan fingerprint density at radius 3 is 1.71 bits per heavy atom. The second kappa shape index (κ2) is 3.76. The molecule has 5 heteroatoms. The molecular formula is C16H18O5. The van der Waals surface area contributed by atoms with Gasteiger partial charge in [0.05, 0.1) is 11.8 Å². The van der Waals surface area contributed by atoms with E-state index in [2.05, 4.69) is 12.2 Å². The highest BCUT2D eigenvalue weighted by Crippen LogP contribution is 2.65. The summed E-state index contributed by atoms with van der Waals surface area (Å²) in [5.74, 6) is -1.67. The highest BCUT2D eigenvalue weighted by atomic mass is 16.6. The molecule has 0 radical (unpaired) electrons. The van der Waals surface area contributed by atoms with Gasteiger partial charge in [-0.1, -0.05) is 12.2 Å². The third-order valence-corrected chi connectivity index (χ3v) is 6.33. The molecule has 4 fully saturated rings. The molecule has 1 saturated carbocycles. The van der Waals surface area contributed by atoms with Crippen molar-refractivity contribution < 1.29 is 23.8 Å². The molecule has 0 unspecified atom stereocenters. The van der Waals surface area contributed by atoms with E-state index >= 15 is 0 Å². The molecule has 3 aliphatic heterocycles. The van der Waals surface area contributed by atoms with Crippen LogP contribution in [0.5, 0.6) is 0 Å². The number of cyclic esters (lactones) is 2. The van der Waals surface area contributed by atoms with E-state index in [0.717, 1.165) is 25.7 Å². The van der Waals surface area contributed by atoms with Crippen molar-refractivity contribution in [3.8, 4) is 0 Å².